The standard InChI is InChI=1S/C20H24N4O3/c1-24-13-19(25)21-12-18(24)15-5-7-16(8-6-15)23-20(26)22-11-14-3-9-17(27-2)10-4-14/h3-10,18H,11-13H2,1-2H3,(H,21,25)(H2,22,23,26)/t18-/m1/s1. The molecular formula is C20H24N4O3. The second-order valence-electron chi connectivity index (χ2n) is 6.51. The second kappa shape index (κ2) is 8.55. The lowest BCUT2D eigenvalue weighted by Crippen LogP contribution is -2.47. The topological polar surface area (TPSA) is 82.7 Å². The summed E-state index contributed by atoms with van der Waals surface area (Å²) in [6, 6.07) is 15.1. The molecule has 1 aliphatic heterocycles. The molecule has 2 aromatic carbocycles. The first-order valence-corrected chi connectivity index (χ1v) is 8.80. The molecule has 0 bridgehead atoms. The quantitative estimate of drug-likeness (QED) is 0.755. The van der Waals surface area contributed by atoms with Crippen molar-refractivity contribution in [3.8, 4) is 5.75 Å². The maximum absolute atomic E-state index is 12.1. The zero-order valence-electron chi connectivity index (χ0n) is 15.5. The van der Waals surface area contributed by atoms with Gasteiger partial charge in [-0.3, -0.25) is 9.69 Å². The average Bonchev–Trinajstić information content (AvgIpc) is 2.68. The van der Waals surface area contributed by atoms with Gasteiger partial charge in [0.05, 0.1) is 19.7 Å². The number of piperazine rings is 1. The van der Waals surface area contributed by atoms with Crippen LogP contribution in [0.3, 0.4) is 0 Å². The second-order valence-corrected chi connectivity index (χ2v) is 6.51. The van der Waals surface area contributed by atoms with Gasteiger partial charge in [-0.15, -0.1) is 0 Å². The van der Waals surface area contributed by atoms with Crippen LogP contribution in [0.25, 0.3) is 0 Å². The van der Waals surface area contributed by atoms with Crippen LogP contribution in [0.2, 0.25) is 0 Å². The number of nitrogens with zero attached hydrogens (tertiary/aromatic N) is 1. The number of nitrogens with one attached hydrogen (secondary N) is 3. The molecule has 27 heavy (non-hydrogen) atoms. The van der Waals surface area contributed by atoms with Gasteiger partial charge in [-0.1, -0.05) is 24.3 Å². The van der Waals surface area contributed by atoms with Gasteiger partial charge in [0.2, 0.25) is 5.91 Å². The lowest BCUT2D eigenvalue weighted by Gasteiger charge is -2.32. The number of urea groups is 1. The third-order valence-corrected chi connectivity index (χ3v) is 4.58. The summed E-state index contributed by atoms with van der Waals surface area (Å²) in [6.45, 7) is 1.41. The Bertz CT molecular complexity index is 790. The van der Waals surface area contributed by atoms with Crippen molar-refractivity contribution in [1.29, 1.82) is 0 Å². The molecule has 142 valence electrons. The smallest absolute Gasteiger partial charge is 0.319 e. The van der Waals surface area contributed by atoms with Gasteiger partial charge >= 0.3 is 6.03 Å². The molecule has 0 aromatic heterocycles. The lowest BCUT2D eigenvalue weighted by atomic mass is 10.0. The first-order chi connectivity index (χ1) is 13.0. The van der Waals surface area contributed by atoms with Crippen LogP contribution in [0.5, 0.6) is 5.75 Å². The molecule has 0 aliphatic carbocycles. The van der Waals surface area contributed by atoms with E-state index in [9.17, 15) is 9.59 Å². The van der Waals surface area contributed by atoms with Crippen LogP contribution in [0.1, 0.15) is 17.2 Å². The Balaban J connectivity index is 1.51. The van der Waals surface area contributed by atoms with E-state index in [-0.39, 0.29) is 18.0 Å². The molecule has 0 spiro atoms. The van der Waals surface area contributed by atoms with Crippen molar-refractivity contribution < 1.29 is 14.3 Å². The highest BCUT2D eigenvalue weighted by atomic mass is 16.5. The maximum Gasteiger partial charge on any atom is 0.319 e. The molecular weight excluding hydrogens is 344 g/mol. The largest absolute Gasteiger partial charge is 0.497 e. The molecule has 0 saturated carbocycles. The number of hydrogen-bond acceptors (Lipinski definition) is 4. The summed E-state index contributed by atoms with van der Waals surface area (Å²) >= 11 is 0. The van der Waals surface area contributed by atoms with Gasteiger partial charge in [-0.05, 0) is 42.4 Å². The van der Waals surface area contributed by atoms with Crippen LogP contribution >= 0.6 is 0 Å². The summed E-state index contributed by atoms with van der Waals surface area (Å²) in [7, 11) is 3.55. The van der Waals surface area contributed by atoms with Crippen molar-refractivity contribution in [2.24, 2.45) is 0 Å². The average molecular weight is 368 g/mol. The number of amides is 3. The van der Waals surface area contributed by atoms with Crippen molar-refractivity contribution in [3.05, 3.63) is 59.7 Å². The van der Waals surface area contributed by atoms with E-state index in [1.807, 2.05) is 60.5 Å². The van der Waals surface area contributed by atoms with E-state index in [1.54, 1.807) is 7.11 Å². The Morgan fingerprint density at radius 2 is 1.89 bits per heavy atom. The van der Waals surface area contributed by atoms with E-state index in [4.69, 9.17) is 4.74 Å². The number of hydrogen-bond donors (Lipinski definition) is 3. The fourth-order valence-electron chi connectivity index (χ4n) is 3.02. The molecule has 2 aromatic rings. The third-order valence-electron chi connectivity index (χ3n) is 4.58. The fourth-order valence-corrected chi connectivity index (χ4v) is 3.02. The Morgan fingerprint density at radius 1 is 1.19 bits per heavy atom. The Morgan fingerprint density at radius 3 is 2.52 bits per heavy atom. The number of carbonyl (C=O) groups excluding carboxylic acids is 2. The van der Waals surface area contributed by atoms with Gasteiger partial charge in [0, 0.05) is 18.8 Å². The summed E-state index contributed by atoms with van der Waals surface area (Å²) in [5, 5.41) is 8.53. The van der Waals surface area contributed by atoms with Gasteiger partial charge in [0.1, 0.15) is 5.75 Å². The van der Waals surface area contributed by atoms with Gasteiger partial charge in [-0.2, -0.15) is 0 Å². The van der Waals surface area contributed by atoms with Crippen molar-refractivity contribution >= 4 is 17.6 Å². The van der Waals surface area contributed by atoms with E-state index in [2.05, 4.69) is 16.0 Å². The summed E-state index contributed by atoms with van der Waals surface area (Å²) in [5.74, 6) is 0.826. The lowest BCUT2D eigenvalue weighted by molar-refractivity contribution is -0.125. The molecule has 0 unspecified atom stereocenters. The van der Waals surface area contributed by atoms with Crippen LogP contribution in [-0.4, -0.2) is 44.1 Å². The van der Waals surface area contributed by atoms with Gasteiger partial charge in [0.25, 0.3) is 0 Å². The summed E-state index contributed by atoms with van der Waals surface area (Å²) in [5.41, 5.74) is 2.80. The molecule has 3 rings (SSSR count). The number of likely N-dealkylation sites (N-methyl/N-ethyl adjacent to an activating group) is 1. The minimum atomic E-state index is -0.263. The molecule has 3 N–H and O–H groups in total. The number of anilines is 1. The van der Waals surface area contributed by atoms with E-state index in [1.165, 1.54) is 0 Å². The van der Waals surface area contributed by atoms with Crippen LogP contribution in [0, 0.1) is 0 Å². The first kappa shape index (κ1) is 18.7. The third kappa shape index (κ3) is 4.98. The maximum atomic E-state index is 12.1. The number of benzene rings is 2. The molecule has 1 saturated heterocycles. The van der Waals surface area contributed by atoms with Crippen molar-refractivity contribution in [1.82, 2.24) is 15.5 Å². The predicted octanol–water partition coefficient (Wildman–Crippen LogP) is 2.12. The minimum Gasteiger partial charge on any atom is -0.497 e. The Kier molecular flexibility index (Phi) is 5.93. The first-order valence-electron chi connectivity index (χ1n) is 8.80. The number of methoxy groups -OCH3 is 1. The van der Waals surface area contributed by atoms with Crippen LogP contribution in [0.15, 0.2) is 48.5 Å². The van der Waals surface area contributed by atoms with E-state index in [0.29, 0.717) is 25.3 Å². The van der Waals surface area contributed by atoms with Gasteiger partial charge in [0.15, 0.2) is 0 Å². The Hall–Kier alpha value is -3.06. The number of carbonyl (C=O) groups is 2. The van der Waals surface area contributed by atoms with Gasteiger partial charge in [-0.25, -0.2) is 4.79 Å². The molecule has 0 radical (unpaired) electrons. The molecule has 7 heteroatoms. The molecule has 1 aliphatic rings. The van der Waals surface area contributed by atoms with Gasteiger partial charge < -0.3 is 20.7 Å². The van der Waals surface area contributed by atoms with Crippen molar-refractivity contribution in [3.63, 3.8) is 0 Å². The molecule has 7 nitrogen and oxygen atoms in total. The minimum absolute atomic E-state index is 0.0422. The summed E-state index contributed by atoms with van der Waals surface area (Å²) in [6.07, 6.45) is 0. The predicted molar refractivity (Wildman–Crippen MR) is 104 cm³/mol. The monoisotopic (exact) mass is 368 g/mol. The SMILES string of the molecule is COc1ccc(CNC(=O)Nc2ccc([C@H]3CNC(=O)CN3C)cc2)cc1. The van der Waals surface area contributed by atoms with Crippen molar-refractivity contribution in [2.75, 3.05) is 32.6 Å². The summed E-state index contributed by atoms with van der Waals surface area (Å²) in [4.78, 5) is 25.5. The van der Waals surface area contributed by atoms with E-state index in [0.717, 1.165) is 16.9 Å². The highest BCUT2D eigenvalue weighted by molar-refractivity contribution is 5.89. The summed E-state index contributed by atoms with van der Waals surface area (Å²) < 4.78 is 5.12. The van der Waals surface area contributed by atoms with E-state index < -0.39 is 0 Å². The highest BCUT2D eigenvalue weighted by Gasteiger charge is 2.24. The molecule has 1 heterocycles. The zero-order chi connectivity index (χ0) is 19.2. The highest BCUT2D eigenvalue weighted by Crippen LogP contribution is 2.22. The molecule has 1 fully saturated rings. The van der Waals surface area contributed by atoms with Crippen LogP contribution in [0.4, 0.5) is 10.5 Å². The molecule has 3 amide bonds. The van der Waals surface area contributed by atoms with Crippen LogP contribution < -0.4 is 20.7 Å². The number of rotatable bonds is 5. The molecule has 1 atom stereocenters. The van der Waals surface area contributed by atoms with E-state index >= 15 is 0 Å². The zero-order valence-corrected chi connectivity index (χ0v) is 15.5. The fraction of sp³-hybridized carbons (Fsp3) is 0.300. The number of ether oxygens (including phenoxy) is 1. The van der Waals surface area contributed by atoms with Crippen molar-refractivity contribution in [2.45, 2.75) is 12.6 Å². The normalized spacial score (nSPS) is 17.1. The van der Waals surface area contributed by atoms with Crippen LogP contribution in [-0.2, 0) is 11.3 Å². The Labute approximate surface area is 158 Å².